The molecule has 0 spiro atoms. The first kappa shape index (κ1) is 10.8. The maximum Gasteiger partial charge on any atom is 0.230 e. The van der Waals surface area contributed by atoms with Crippen LogP contribution in [0.4, 0.5) is 0 Å². The van der Waals surface area contributed by atoms with Gasteiger partial charge < -0.3 is 5.32 Å². The lowest BCUT2D eigenvalue weighted by molar-refractivity contribution is -0.118. The lowest BCUT2D eigenvalue weighted by atomic mass is 10.2. The van der Waals surface area contributed by atoms with Crippen LogP contribution in [0.25, 0.3) is 0 Å². The summed E-state index contributed by atoms with van der Waals surface area (Å²) in [7, 11) is 1.61. The molecule has 1 aromatic carbocycles. The van der Waals surface area contributed by atoms with Crippen LogP contribution in [0.5, 0.6) is 0 Å². The molecule has 3 nitrogen and oxygen atoms in total. The van der Waals surface area contributed by atoms with Gasteiger partial charge in [-0.3, -0.25) is 9.59 Å². The Morgan fingerprint density at radius 1 is 1.43 bits per heavy atom. The van der Waals surface area contributed by atoms with E-state index in [-0.39, 0.29) is 5.91 Å². The fourth-order valence-corrected chi connectivity index (χ4v) is 1.63. The van der Waals surface area contributed by atoms with Gasteiger partial charge in [0.25, 0.3) is 0 Å². The first-order valence-electron chi connectivity index (χ1n) is 4.15. The highest BCUT2D eigenvalue weighted by Crippen LogP contribution is 2.17. The Morgan fingerprint density at radius 3 is 2.57 bits per heavy atom. The Balaban J connectivity index is 2.51. The molecule has 1 N–H and O–H groups in total. The van der Waals surface area contributed by atoms with E-state index >= 15 is 0 Å². The monoisotopic (exact) mass is 209 g/mol. The molecule has 0 saturated heterocycles. The Hall–Kier alpha value is -1.29. The quantitative estimate of drug-likeness (QED) is 0.601. The van der Waals surface area contributed by atoms with E-state index in [0.29, 0.717) is 11.3 Å². The lowest BCUT2D eigenvalue weighted by Crippen LogP contribution is -2.19. The summed E-state index contributed by atoms with van der Waals surface area (Å²) in [5.74, 6) is 0.395. The lowest BCUT2D eigenvalue weighted by Gasteiger charge is -2.00. The number of carbonyl (C=O) groups excluding carboxylic acids is 2. The minimum atomic E-state index is -0.00513. The van der Waals surface area contributed by atoms with E-state index in [0.717, 1.165) is 11.2 Å². The predicted molar refractivity (Wildman–Crippen MR) is 56.6 cm³/mol. The number of benzene rings is 1. The molecule has 0 atom stereocenters. The van der Waals surface area contributed by atoms with Crippen molar-refractivity contribution in [3.63, 3.8) is 0 Å². The van der Waals surface area contributed by atoms with E-state index in [1.54, 1.807) is 19.2 Å². The van der Waals surface area contributed by atoms with Gasteiger partial charge in [0.1, 0.15) is 6.29 Å². The normalized spacial score (nSPS) is 9.50. The average Bonchev–Trinajstić information content (AvgIpc) is 2.26. The molecule has 14 heavy (non-hydrogen) atoms. The number of hydrogen-bond acceptors (Lipinski definition) is 3. The van der Waals surface area contributed by atoms with E-state index < -0.39 is 0 Å². The van der Waals surface area contributed by atoms with Gasteiger partial charge in [-0.1, -0.05) is 12.1 Å². The smallest absolute Gasteiger partial charge is 0.230 e. The first-order chi connectivity index (χ1) is 6.76. The molecule has 0 saturated carbocycles. The number of carbonyl (C=O) groups is 2. The van der Waals surface area contributed by atoms with Crippen LogP contribution in [0.15, 0.2) is 29.2 Å². The number of hydrogen-bond donors (Lipinski definition) is 1. The second-order valence-electron chi connectivity index (χ2n) is 2.65. The van der Waals surface area contributed by atoms with Gasteiger partial charge in [-0.25, -0.2) is 0 Å². The van der Waals surface area contributed by atoms with Crippen molar-refractivity contribution < 1.29 is 9.59 Å². The highest BCUT2D eigenvalue weighted by atomic mass is 32.2. The molecule has 74 valence electrons. The van der Waals surface area contributed by atoms with Crippen LogP contribution < -0.4 is 5.32 Å². The van der Waals surface area contributed by atoms with Crippen LogP contribution in [-0.2, 0) is 4.79 Å². The summed E-state index contributed by atoms with van der Waals surface area (Å²) >= 11 is 1.44. The van der Waals surface area contributed by atoms with Crippen molar-refractivity contribution in [2.75, 3.05) is 12.8 Å². The highest BCUT2D eigenvalue weighted by molar-refractivity contribution is 8.00. The molecule has 0 aliphatic carbocycles. The van der Waals surface area contributed by atoms with Crippen molar-refractivity contribution in [2.24, 2.45) is 0 Å². The fraction of sp³-hybridized carbons (Fsp3) is 0.200. The molecule has 1 amide bonds. The second kappa shape index (κ2) is 5.44. The van der Waals surface area contributed by atoms with Crippen molar-refractivity contribution in [3.8, 4) is 0 Å². The summed E-state index contributed by atoms with van der Waals surface area (Å²) in [6, 6.07) is 7.13. The fourth-order valence-electron chi connectivity index (χ4n) is 0.864. The summed E-state index contributed by atoms with van der Waals surface area (Å²) in [5, 5.41) is 2.54. The second-order valence-corrected chi connectivity index (χ2v) is 3.70. The van der Waals surface area contributed by atoms with Crippen LogP contribution in [-0.4, -0.2) is 25.0 Å². The molecular weight excluding hydrogens is 198 g/mol. The van der Waals surface area contributed by atoms with Crippen LogP contribution in [0.1, 0.15) is 10.4 Å². The van der Waals surface area contributed by atoms with Crippen molar-refractivity contribution in [3.05, 3.63) is 29.8 Å². The molecular formula is C10H11NO2S. The SMILES string of the molecule is CNC(=O)CSc1ccc(C=O)cc1. The van der Waals surface area contributed by atoms with Crippen molar-refractivity contribution >= 4 is 24.0 Å². The molecule has 0 aliphatic heterocycles. The van der Waals surface area contributed by atoms with Gasteiger partial charge in [-0.2, -0.15) is 0 Å². The van der Waals surface area contributed by atoms with Gasteiger partial charge in [-0.15, -0.1) is 11.8 Å². The van der Waals surface area contributed by atoms with E-state index in [4.69, 9.17) is 0 Å². The van der Waals surface area contributed by atoms with Gasteiger partial charge in [0.2, 0.25) is 5.91 Å². The van der Waals surface area contributed by atoms with Gasteiger partial charge in [0.05, 0.1) is 5.75 Å². The Kier molecular flexibility index (Phi) is 4.19. The van der Waals surface area contributed by atoms with E-state index in [1.165, 1.54) is 11.8 Å². The molecule has 0 aromatic heterocycles. The van der Waals surface area contributed by atoms with E-state index in [2.05, 4.69) is 5.32 Å². The minimum Gasteiger partial charge on any atom is -0.358 e. The largest absolute Gasteiger partial charge is 0.358 e. The Bertz CT molecular complexity index is 321. The third-order valence-corrected chi connectivity index (χ3v) is 2.68. The van der Waals surface area contributed by atoms with Crippen molar-refractivity contribution in [1.82, 2.24) is 5.32 Å². The molecule has 0 bridgehead atoms. The maximum absolute atomic E-state index is 10.9. The summed E-state index contributed by atoms with van der Waals surface area (Å²) in [4.78, 5) is 22.3. The number of aldehydes is 1. The van der Waals surface area contributed by atoms with Gasteiger partial charge >= 0.3 is 0 Å². The predicted octanol–water partition coefficient (Wildman–Crippen LogP) is 1.34. The van der Waals surface area contributed by atoms with Crippen molar-refractivity contribution in [2.45, 2.75) is 4.90 Å². The van der Waals surface area contributed by atoms with Gasteiger partial charge in [0.15, 0.2) is 0 Å². The van der Waals surface area contributed by atoms with Gasteiger partial charge in [0, 0.05) is 17.5 Å². The molecule has 0 unspecified atom stereocenters. The molecule has 0 fully saturated rings. The topological polar surface area (TPSA) is 46.2 Å². The molecule has 1 aromatic rings. The summed E-state index contributed by atoms with van der Waals surface area (Å²) < 4.78 is 0. The van der Waals surface area contributed by atoms with Gasteiger partial charge in [-0.05, 0) is 12.1 Å². The average molecular weight is 209 g/mol. The molecule has 0 heterocycles. The first-order valence-corrected chi connectivity index (χ1v) is 5.13. The van der Waals surface area contributed by atoms with Crippen LogP contribution >= 0.6 is 11.8 Å². The zero-order chi connectivity index (χ0) is 10.4. The summed E-state index contributed by atoms with van der Waals surface area (Å²) in [5.41, 5.74) is 0.647. The summed E-state index contributed by atoms with van der Waals surface area (Å²) in [6.07, 6.45) is 0.799. The third-order valence-electron chi connectivity index (χ3n) is 1.66. The molecule has 1 rings (SSSR count). The minimum absolute atomic E-state index is 0.00513. The number of rotatable bonds is 4. The highest BCUT2D eigenvalue weighted by Gasteiger charge is 1.99. The van der Waals surface area contributed by atoms with Crippen LogP contribution in [0.2, 0.25) is 0 Å². The Morgan fingerprint density at radius 2 is 2.07 bits per heavy atom. The Labute approximate surface area is 86.9 Å². The molecule has 0 aliphatic rings. The van der Waals surface area contributed by atoms with Crippen LogP contribution in [0, 0.1) is 0 Å². The zero-order valence-electron chi connectivity index (χ0n) is 7.82. The standard InChI is InChI=1S/C10H11NO2S/c1-11-10(13)7-14-9-4-2-8(6-12)3-5-9/h2-6H,7H2,1H3,(H,11,13). The number of nitrogens with one attached hydrogen (secondary N) is 1. The van der Waals surface area contributed by atoms with Crippen LogP contribution in [0.3, 0.4) is 0 Å². The van der Waals surface area contributed by atoms with E-state index in [9.17, 15) is 9.59 Å². The summed E-state index contributed by atoms with van der Waals surface area (Å²) in [6.45, 7) is 0. The van der Waals surface area contributed by atoms with E-state index in [1.807, 2.05) is 12.1 Å². The number of thioether (sulfide) groups is 1. The zero-order valence-corrected chi connectivity index (χ0v) is 8.64. The van der Waals surface area contributed by atoms with Crippen molar-refractivity contribution in [1.29, 1.82) is 0 Å². The molecule has 0 radical (unpaired) electrons. The molecule has 4 heteroatoms. The third kappa shape index (κ3) is 3.22. The number of amides is 1. The maximum atomic E-state index is 10.9.